The highest BCUT2D eigenvalue weighted by Gasteiger charge is 2.23. The van der Waals surface area contributed by atoms with Crippen LogP contribution in [-0.4, -0.2) is 55.2 Å². The number of carbonyl (C=O) groups is 1. The molecule has 0 spiro atoms. The van der Waals surface area contributed by atoms with Gasteiger partial charge < -0.3 is 4.74 Å². The zero-order valence-corrected chi connectivity index (χ0v) is 18.1. The number of morpholine rings is 1. The minimum atomic E-state index is 0.0137. The lowest BCUT2D eigenvalue weighted by atomic mass is 10.2. The first-order valence-corrected chi connectivity index (χ1v) is 11.4. The molecule has 3 heterocycles. The second-order valence-electron chi connectivity index (χ2n) is 6.81. The first kappa shape index (κ1) is 19.8. The number of amides is 1. The van der Waals surface area contributed by atoms with Gasteiger partial charge >= 0.3 is 0 Å². The minimum Gasteiger partial charge on any atom is -0.379 e. The van der Waals surface area contributed by atoms with E-state index in [0.29, 0.717) is 11.6 Å². The van der Waals surface area contributed by atoms with Crippen molar-refractivity contribution in [3.63, 3.8) is 0 Å². The number of ether oxygens (including phenoxy) is 1. The molecule has 3 aromatic rings. The molecule has 4 rings (SSSR count). The lowest BCUT2D eigenvalue weighted by Gasteiger charge is -2.27. The number of anilines is 1. The summed E-state index contributed by atoms with van der Waals surface area (Å²) in [5, 5.41) is 3.37. The number of hydrogen-bond acceptors (Lipinski definition) is 6. The molecule has 1 aliphatic rings. The van der Waals surface area contributed by atoms with E-state index in [9.17, 15) is 4.79 Å². The zero-order chi connectivity index (χ0) is 19.5. The van der Waals surface area contributed by atoms with Crippen molar-refractivity contribution in [3.8, 4) is 0 Å². The van der Waals surface area contributed by atoms with Crippen LogP contribution < -0.4 is 4.90 Å². The first-order chi connectivity index (χ1) is 13.6. The van der Waals surface area contributed by atoms with E-state index < -0.39 is 0 Å². The molecule has 28 heavy (non-hydrogen) atoms. The molecule has 0 radical (unpaired) electrons. The summed E-state index contributed by atoms with van der Waals surface area (Å²) >= 11 is 9.20. The van der Waals surface area contributed by atoms with Gasteiger partial charge in [0.05, 0.1) is 28.3 Å². The Balaban J connectivity index is 1.57. The zero-order valence-electron chi connectivity index (χ0n) is 15.7. The van der Waals surface area contributed by atoms with Gasteiger partial charge in [-0.1, -0.05) is 29.0 Å². The lowest BCUT2D eigenvalue weighted by Crippen LogP contribution is -2.39. The first-order valence-electron chi connectivity index (χ1n) is 9.34. The van der Waals surface area contributed by atoms with Gasteiger partial charge in [-0.15, -0.1) is 11.3 Å². The Morgan fingerprint density at radius 3 is 2.93 bits per heavy atom. The van der Waals surface area contributed by atoms with E-state index in [1.807, 2.05) is 41.5 Å². The van der Waals surface area contributed by atoms with Gasteiger partial charge in [-0.2, -0.15) is 0 Å². The van der Waals surface area contributed by atoms with Crippen molar-refractivity contribution in [1.82, 2.24) is 9.88 Å². The maximum Gasteiger partial charge on any atom is 0.270 e. The Kier molecular flexibility index (Phi) is 6.28. The molecule has 0 bridgehead atoms. The number of hydrogen-bond donors (Lipinski definition) is 0. The van der Waals surface area contributed by atoms with Crippen molar-refractivity contribution in [3.05, 3.63) is 45.1 Å². The predicted molar refractivity (Wildman–Crippen MR) is 117 cm³/mol. The summed E-state index contributed by atoms with van der Waals surface area (Å²) in [6.45, 7) is 7.08. The number of thiophene rings is 1. The molecule has 1 saturated heterocycles. The van der Waals surface area contributed by atoms with Crippen LogP contribution in [-0.2, 0) is 4.74 Å². The molecular formula is C20H22ClN3O2S2. The van der Waals surface area contributed by atoms with Gasteiger partial charge in [-0.05, 0) is 42.5 Å². The monoisotopic (exact) mass is 435 g/mol. The number of aryl methyl sites for hydroxylation is 1. The molecule has 8 heteroatoms. The Bertz CT molecular complexity index is 952. The van der Waals surface area contributed by atoms with Crippen LogP contribution in [0.2, 0.25) is 5.02 Å². The largest absolute Gasteiger partial charge is 0.379 e. The third-order valence-electron chi connectivity index (χ3n) is 4.81. The summed E-state index contributed by atoms with van der Waals surface area (Å²) in [6.07, 6.45) is 0.896. The van der Waals surface area contributed by atoms with Gasteiger partial charge in [0.15, 0.2) is 5.13 Å². The van der Waals surface area contributed by atoms with Crippen molar-refractivity contribution in [2.45, 2.75) is 13.3 Å². The normalized spacial score (nSPS) is 15.2. The summed E-state index contributed by atoms with van der Waals surface area (Å²) in [4.78, 5) is 22.9. The molecule has 0 unspecified atom stereocenters. The third kappa shape index (κ3) is 4.39. The van der Waals surface area contributed by atoms with E-state index in [2.05, 4.69) is 4.90 Å². The second-order valence-corrected chi connectivity index (χ2v) is 9.20. The average molecular weight is 436 g/mol. The Hall–Kier alpha value is -1.51. The number of carbonyl (C=O) groups excluding carboxylic acids is 1. The fraction of sp³-hybridized carbons (Fsp3) is 0.400. The summed E-state index contributed by atoms with van der Waals surface area (Å²) in [5.74, 6) is 0.0137. The molecule has 1 fully saturated rings. The van der Waals surface area contributed by atoms with Crippen LogP contribution in [0.25, 0.3) is 10.2 Å². The van der Waals surface area contributed by atoms with E-state index in [-0.39, 0.29) is 5.91 Å². The predicted octanol–water partition coefficient (Wildman–Crippen LogP) is 4.69. The van der Waals surface area contributed by atoms with Crippen molar-refractivity contribution in [1.29, 1.82) is 0 Å². The van der Waals surface area contributed by atoms with Crippen molar-refractivity contribution in [2.75, 3.05) is 44.3 Å². The number of fused-ring (bicyclic) bond motifs is 1. The highest BCUT2D eigenvalue weighted by molar-refractivity contribution is 7.22. The van der Waals surface area contributed by atoms with Crippen LogP contribution in [0.3, 0.4) is 0 Å². The molecule has 148 valence electrons. The van der Waals surface area contributed by atoms with Crippen LogP contribution in [0.1, 0.15) is 21.7 Å². The summed E-state index contributed by atoms with van der Waals surface area (Å²) in [7, 11) is 0. The van der Waals surface area contributed by atoms with E-state index >= 15 is 0 Å². The number of thiazole rings is 1. The Labute approximate surface area is 177 Å². The van der Waals surface area contributed by atoms with Gasteiger partial charge in [-0.3, -0.25) is 14.6 Å². The van der Waals surface area contributed by atoms with Crippen LogP contribution in [0, 0.1) is 6.92 Å². The number of halogens is 1. The molecule has 2 aromatic heterocycles. The number of nitrogens with zero attached hydrogens (tertiary/aromatic N) is 3. The molecule has 1 aliphatic heterocycles. The van der Waals surface area contributed by atoms with Gasteiger partial charge in [0.2, 0.25) is 0 Å². The van der Waals surface area contributed by atoms with E-state index in [0.717, 1.165) is 65.1 Å². The van der Waals surface area contributed by atoms with Gasteiger partial charge in [0.25, 0.3) is 5.91 Å². The fourth-order valence-corrected chi connectivity index (χ4v) is 5.47. The van der Waals surface area contributed by atoms with Crippen molar-refractivity contribution < 1.29 is 9.53 Å². The van der Waals surface area contributed by atoms with E-state index in [1.165, 1.54) is 22.7 Å². The maximum atomic E-state index is 13.2. The van der Waals surface area contributed by atoms with Crippen molar-refractivity contribution in [2.24, 2.45) is 0 Å². The summed E-state index contributed by atoms with van der Waals surface area (Å²) in [5.41, 5.74) is 1.95. The van der Waals surface area contributed by atoms with Gasteiger partial charge in [0.1, 0.15) is 0 Å². The average Bonchev–Trinajstić information content (AvgIpc) is 3.35. The molecule has 0 saturated carbocycles. The van der Waals surface area contributed by atoms with Crippen molar-refractivity contribution >= 4 is 55.5 Å². The fourth-order valence-electron chi connectivity index (χ4n) is 3.35. The van der Waals surface area contributed by atoms with Gasteiger partial charge in [-0.25, -0.2) is 4.98 Å². The molecule has 1 amide bonds. The molecular weight excluding hydrogens is 414 g/mol. The van der Waals surface area contributed by atoms with Crippen LogP contribution >= 0.6 is 34.3 Å². The highest BCUT2D eigenvalue weighted by Crippen LogP contribution is 2.34. The maximum absolute atomic E-state index is 13.2. The topological polar surface area (TPSA) is 45.7 Å². The van der Waals surface area contributed by atoms with Crippen LogP contribution in [0.5, 0.6) is 0 Å². The Morgan fingerprint density at radius 1 is 1.36 bits per heavy atom. The summed E-state index contributed by atoms with van der Waals surface area (Å²) in [6, 6.07) is 7.62. The highest BCUT2D eigenvalue weighted by atomic mass is 35.5. The quantitative estimate of drug-likeness (QED) is 0.563. The number of rotatable bonds is 6. The standard InChI is InChI=1S/C20H22ClN3O2S2/c1-14-12-15(21)13-17-18(14)22-20(28-17)24(19(25)16-4-2-11-27-16)6-3-5-23-7-9-26-10-8-23/h2,4,11-13H,3,5-10H2,1H3. The second kappa shape index (κ2) is 8.88. The Morgan fingerprint density at radius 2 is 2.18 bits per heavy atom. The minimum absolute atomic E-state index is 0.0137. The van der Waals surface area contributed by atoms with Gasteiger partial charge in [0, 0.05) is 31.2 Å². The van der Waals surface area contributed by atoms with Crippen LogP contribution in [0.15, 0.2) is 29.6 Å². The number of aromatic nitrogens is 1. The molecule has 1 aromatic carbocycles. The van der Waals surface area contributed by atoms with E-state index in [4.69, 9.17) is 21.3 Å². The molecule has 0 N–H and O–H groups in total. The molecule has 5 nitrogen and oxygen atoms in total. The number of benzene rings is 1. The molecule has 0 atom stereocenters. The molecule has 0 aliphatic carbocycles. The lowest BCUT2D eigenvalue weighted by molar-refractivity contribution is 0.0376. The third-order valence-corrected chi connectivity index (χ3v) is 6.91. The van der Waals surface area contributed by atoms with E-state index in [1.54, 1.807) is 0 Å². The SMILES string of the molecule is Cc1cc(Cl)cc2sc(N(CCCN3CCOCC3)C(=O)c3cccs3)nc12. The van der Waals surface area contributed by atoms with Crippen LogP contribution in [0.4, 0.5) is 5.13 Å². The summed E-state index contributed by atoms with van der Waals surface area (Å²) < 4.78 is 6.43. The smallest absolute Gasteiger partial charge is 0.270 e.